The highest BCUT2D eigenvalue weighted by Gasteiger charge is 2.26. The van der Waals surface area contributed by atoms with Gasteiger partial charge in [-0.15, -0.1) is 23.2 Å². The monoisotopic (exact) mass is 502 g/mol. The van der Waals surface area contributed by atoms with Gasteiger partial charge < -0.3 is 26.0 Å². The Morgan fingerprint density at radius 2 is 1.67 bits per heavy atom. The number of alkyl halides is 2. The number of nitrogens with one attached hydrogen (secondary N) is 2. The third-order valence-corrected chi connectivity index (χ3v) is 5.69. The molecule has 33 heavy (non-hydrogen) atoms. The minimum Gasteiger partial charge on any atom is -0.465 e. The van der Waals surface area contributed by atoms with Crippen molar-refractivity contribution in [2.45, 2.75) is 45.7 Å². The van der Waals surface area contributed by atoms with Gasteiger partial charge in [0, 0.05) is 37.0 Å². The summed E-state index contributed by atoms with van der Waals surface area (Å²) in [6, 6.07) is 5.99. The van der Waals surface area contributed by atoms with Gasteiger partial charge in [0.1, 0.15) is 12.6 Å². The topological polar surface area (TPSA) is 114 Å². The summed E-state index contributed by atoms with van der Waals surface area (Å²) in [5.74, 6) is -0.527. The quantitative estimate of drug-likeness (QED) is 0.250. The molecule has 2 amide bonds. The normalized spacial score (nSPS) is 13.5. The van der Waals surface area contributed by atoms with Crippen LogP contribution in [0.2, 0.25) is 0 Å². The van der Waals surface area contributed by atoms with E-state index in [9.17, 15) is 14.4 Å². The van der Waals surface area contributed by atoms with E-state index in [-0.39, 0.29) is 25.5 Å². The molecule has 4 N–H and O–H groups in total. The summed E-state index contributed by atoms with van der Waals surface area (Å²) < 4.78 is 4.85. The van der Waals surface area contributed by atoms with Crippen LogP contribution in [0.25, 0.3) is 0 Å². The molecule has 0 saturated carbocycles. The fraction of sp³-hybridized carbons (Fsp3) is 0.609. The molecule has 0 spiro atoms. The van der Waals surface area contributed by atoms with Crippen LogP contribution in [0.5, 0.6) is 0 Å². The average Bonchev–Trinajstić information content (AvgIpc) is 2.81. The lowest BCUT2D eigenvalue weighted by molar-refractivity contribution is -0.143. The van der Waals surface area contributed by atoms with E-state index in [1.165, 1.54) is 0 Å². The van der Waals surface area contributed by atoms with Crippen LogP contribution in [-0.4, -0.2) is 67.9 Å². The van der Waals surface area contributed by atoms with E-state index < -0.39 is 29.9 Å². The molecular formula is C23H36Cl2N4O4. The molecule has 1 aromatic carbocycles. The van der Waals surface area contributed by atoms with Gasteiger partial charge in [-0.3, -0.25) is 14.4 Å². The number of hydrogen-bond acceptors (Lipinski definition) is 6. The minimum atomic E-state index is -0.894. The first-order valence-electron chi connectivity index (χ1n) is 11.2. The lowest BCUT2D eigenvalue weighted by Crippen LogP contribution is -2.54. The molecule has 1 rings (SSSR count). The molecule has 0 aliphatic heterocycles. The first-order valence-corrected chi connectivity index (χ1v) is 12.3. The van der Waals surface area contributed by atoms with Gasteiger partial charge in [-0.05, 0) is 30.5 Å². The maximum atomic E-state index is 12.8. The largest absolute Gasteiger partial charge is 0.465 e. The number of hydrogen-bond donors (Lipinski definition) is 3. The standard InChI is InChI=1S/C23H36Cl2N4O4/c1-4-16(3)21(26)23(32)28-19(22(31)27-15-20(30)33-5-2)14-17-6-8-18(9-7-17)29(12-10-24)13-11-25/h6-9,16,19,21H,4-5,10-15,26H2,1-3H3,(H,27,31)(H,28,32)/t16-,19+,21-/m0/s1. The van der Waals surface area contributed by atoms with E-state index in [1.54, 1.807) is 6.92 Å². The highest BCUT2D eigenvalue weighted by atomic mass is 35.5. The summed E-state index contributed by atoms with van der Waals surface area (Å²) in [7, 11) is 0. The van der Waals surface area contributed by atoms with Crippen molar-refractivity contribution in [2.75, 3.05) is 42.9 Å². The minimum absolute atomic E-state index is 0.0395. The Morgan fingerprint density at radius 1 is 1.06 bits per heavy atom. The number of halogens is 2. The van der Waals surface area contributed by atoms with Crippen LogP contribution in [-0.2, 0) is 25.5 Å². The van der Waals surface area contributed by atoms with Gasteiger partial charge in [0.2, 0.25) is 11.8 Å². The highest BCUT2D eigenvalue weighted by Crippen LogP contribution is 2.17. The van der Waals surface area contributed by atoms with E-state index in [2.05, 4.69) is 15.5 Å². The fourth-order valence-corrected chi connectivity index (χ4v) is 3.54. The van der Waals surface area contributed by atoms with Gasteiger partial charge in [-0.1, -0.05) is 32.4 Å². The zero-order chi connectivity index (χ0) is 24.8. The molecule has 0 fully saturated rings. The van der Waals surface area contributed by atoms with Crippen LogP contribution in [0.1, 0.15) is 32.8 Å². The first kappa shape index (κ1) is 29.0. The van der Waals surface area contributed by atoms with E-state index in [0.717, 1.165) is 17.7 Å². The van der Waals surface area contributed by atoms with Crippen molar-refractivity contribution in [3.8, 4) is 0 Å². The number of carbonyl (C=O) groups is 3. The molecule has 0 aromatic heterocycles. The summed E-state index contributed by atoms with van der Waals surface area (Å²) in [5.41, 5.74) is 7.84. The molecule has 0 unspecified atom stereocenters. The number of carbonyl (C=O) groups excluding carboxylic acids is 3. The van der Waals surface area contributed by atoms with Crippen molar-refractivity contribution in [3.63, 3.8) is 0 Å². The van der Waals surface area contributed by atoms with Gasteiger partial charge in [0.05, 0.1) is 12.6 Å². The maximum absolute atomic E-state index is 12.8. The second-order valence-electron chi connectivity index (χ2n) is 7.73. The van der Waals surface area contributed by atoms with E-state index in [0.29, 0.717) is 24.8 Å². The third-order valence-electron chi connectivity index (χ3n) is 5.36. The number of nitrogens with two attached hydrogens (primary N) is 1. The zero-order valence-electron chi connectivity index (χ0n) is 19.6. The Bertz CT molecular complexity index is 742. The predicted molar refractivity (Wildman–Crippen MR) is 133 cm³/mol. The second kappa shape index (κ2) is 15.7. The lowest BCUT2D eigenvalue weighted by atomic mass is 9.98. The number of anilines is 1. The van der Waals surface area contributed by atoms with E-state index in [4.69, 9.17) is 33.7 Å². The van der Waals surface area contributed by atoms with Gasteiger partial charge in [0.15, 0.2) is 0 Å². The Balaban J connectivity index is 2.97. The van der Waals surface area contributed by atoms with Crippen molar-refractivity contribution in [1.29, 1.82) is 0 Å². The van der Waals surface area contributed by atoms with Gasteiger partial charge in [-0.2, -0.15) is 0 Å². The number of rotatable bonds is 15. The Hall–Kier alpha value is -2.03. The summed E-state index contributed by atoms with van der Waals surface area (Å²) in [4.78, 5) is 39.1. The molecular weight excluding hydrogens is 467 g/mol. The summed E-state index contributed by atoms with van der Waals surface area (Å²) in [6.45, 7) is 6.78. The fourth-order valence-electron chi connectivity index (χ4n) is 3.14. The van der Waals surface area contributed by atoms with Gasteiger partial charge >= 0.3 is 5.97 Å². The van der Waals surface area contributed by atoms with Crippen molar-refractivity contribution in [3.05, 3.63) is 29.8 Å². The number of esters is 1. The number of nitrogens with zero attached hydrogens (tertiary/aromatic N) is 1. The van der Waals surface area contributed by atoms with Crippen LogP contribution >= 0.6 is 23.2 Å². The van der Waals surface area contributed by atoms with Crippen molar-refractivity contribution >= 4 is 46.7 Å². The molecule has 0 saturated heterocycles. The molecule has 1 aromatic rings. The molecule has 0 bridgehead atoms. The Labute approximate surface area is 206 Å². The SMILES string of the molecule is CCOC(=O)CNC(=O)[C@@H](Cc1ccc(N(CCCl)CCCl)cc1)NC(=O)[C@@H](N)[C@@H](C)CC. The molecule has 186 valence electrons. The predicted octanol–water partition coefficient (Wildman–Crippen LogP) is 2.05. The molecule has 10 heteroatoms. The molecule has 0 radical (unpaired) electrons. The first-order chi connectivity index (χ1) is 15.8. The zero-order valence-corrected chi connectivity index (χ0v) is 21.1. The lowest BCUT2D eigenvalue weighted by Gasteiger charge is -2.24. The second-order valence-corrected chi connectivity index (χ2v) is 8.49. The summed E-state index contributed by atoms with van der Waals surface area (Å²) >= 11 is 11.8. The van der Waals surface area contributed by atoms with Crippen LogP contribution < -0.4 is 21.3 Å². The van der Waals surface area contributed by atoms with Crippen LogP contribution in [0.4, 0.5) is 5.69 Å². The van der Waals surface area contributed by atoms with Crippen molar-refractivity contribution in [1.82, 2.24) is 10.6 Å². The number of benzene rings is 1. The van der Waals surface area contributed by atoms with Crippen LogP contribution in [0.3, 0.4) is 0 Å². The van der Waals surface area contributed by atoms with Crippen LogP contribution in [0.15, 0.2) is 24.3 Å². The van der Waals surface area contributed by atoms with Crippen molar-refractivity contribution < 1.29 is 19.1 Å². The molecule has 3 atom stereocenters. The molecule has 8 nitrogen and oxygen atoms in total. The molecule has 0 heterocycles. The summed E-state index contributed by atoms with van der Waals surface area (Å²) in [6.07, 6.45) is 0.968. The van der Waals surface area contributed by atoms with Gasteiger partial charge in [0.25, 0.3) is 0 Å². The average molecular weight is 503 g/mol. The summed E-state index contributed by atoms with van der Waals surface area (Å²) in [5, 5.41) is 5.27. The Morgan fingerprint density at radius 3 is 2.18 bits per heavy atom. The van der Waals surface area contributed by atoms with Crippen LogP contribution in [0, 0.1) is 5.92 Å². The van der Waals surface area contributed by atoms with Crippen molar-refractivity contribution in [2.24, 2.45) is 11.7 Å². The van der Waals surface area contributed by atoms with E-state index >= 15 is 0 Å². The highest BCUT2D eigenvalue weighted by molar-refractivity contribution is 6.18. The van der Waals surface area contributed by atoms with E-state index in [1.807, 2.05) is 38.1 Å². The smallest absolute Gasteiger partial charge is 0.325 e. The number of ether oxygens (including phenoxy) is 1. The third kappa shape index (κ3) is 10.2. The molecule has 0 aliphatic rings. The van der Waals surface area contributed by atoms with Gasteiger partial charge in [-0.25, -0.2) is 0 Å². The Kier molecular flexibility index (Phi) is 13.8. The molecule has 0 aliphatic carbocycles. The number of amides is 2. The maximum Gasteiger partial charge on any atom is 0.325 e.